The summed E-state index contributed by atoms with van der Waals surface area (Å²) in [6.45, 7) is 0. The zero-order valence-corrected chi connectivity index (χ0v) is 8.10. The van der Waals surface area contributed by atoms with Crippen LogP contribution in [0.3, 0.4) is 0 Å². The third-order valence-electron chi connectivity index (χ3n) is 2.84. The molecule has 0 aromatic rings. The predicted octanol–water partition coefficient (Wildman–Crippen LogP) is 0.479. The Morgan fingerprint density at radius 2 is 2.36 bits per heavy atom. The predicted molar refractivity (Wildman–Crippen MR) is 49.4 cm³/mol. The van der Waals surface area contributed by atoms with Gasteiger partial charge in [0.2, 0.25) is 5.91 Å². The van der Waals surface area contributed by atoms with Crippen molar-refractivity contribution in [1.82, 2.24) is 4.90 Å². The number of carbonyl (C=O) groups is 2. The fourth-order valence-corrected chi connectivity index (χ4v) is 2.18. The molecule has 0 spiro atoms. The Morgan fingerprint density at radius 3 is 3.07 bits per heavy atom. The lowest BCUT2D eigenvalue weighted by Crippen LogP contribution is -2.45. The molecule has 0 aromatic carbocycles. The Bertz CT molecular complexity index is 298. The van der Waals surface area contributed by atoms with Gasteiger partial charge in [0.15, 0.2) is 0 Å². The van der Waals surface area contributed by atoms with Gasteiger partial charge >= 0.3 is 5.97 Å². The molecule has 2 unspecified atom stereocenters. The molecule has 1 fully saturated rings. The molecule has 1 amide bonds. The van der Waals surface area contributed by atoms with Crippen molar-refractivity contribution < 1.29 is 14.3 Å². The van der Waals surface area contributed by atoms with Crippen molar-refractivity contribution in [2.24, 2.45) is 0 Å². The van der Waals surface area contributed by atoms with Gasteiger partial charge < -0.3 is 9.64 Å². The van der Waals surface area contributed by atoms with Crippen LogP contribution >= 0.6 is 0 Å². The van der Waals surface area contributed by atoms with Crippen LogP contribution in [-0.2, 0) is 14.3 Å². The van der Waals surface area contributed by atoms with Gasteiger partial charge in [0.05, 0.1) is 13.2 Å². The smallest absolute Gasteiger partial charge is 0.328 e. The number of amides is 1. The van der Waals surface area contributed by atoms with Crippen LogP contribution in [0.5, 0.6) is 0 Å². The summed E-state index contributed by atoms with van der Waals surface area (Å²) in [4.78, 5) is 24.6. The zero-order chi connectivity index (χ0) is 10.1. The van der Waals surface area contributed by atoms with E-state index in [2.05, 4.69) is 4.74 Å². The third-order valence-corrected chi connectivity index (χ3v) is 2.84. The molecule has 0 N–H and O–H groups in total. The molecule has 2 aliphatic rings. The van der Waals surface area contributed by atoms with E-state index in [0.717, 1.165) is 6.42 Å². The van der Waals surface area contributed by atoms with E-state index in [1.165, 1.54) is 7.11 Å². The van der Waals surface area contributed by atoms with Crippen LogP contribution in [0.15, 0.2) is 12.2 Å². The molecule has 76 valence electrons. The molecule has 2 atom stereocenters. The number of esters is 1. The Hall–Kier alpha value is -1.32. The van der Waals surface area contributed by atoms with Crippen LogP contribution < -0.4 is 0 Å². The highest BCUT2D eigenvalue weighted by atomic mass is 16.5. The van der Waals surface area contributed by atoms with E-state index in [1.807, 2.05) is 12.2 Å². The van der Waals surface area contributed by atoms with Gasteiger partial charge in [0, 0.05) is 6.42 Å². The van der Waals surface area contributed by atoms with Crippen molar-refractivity contribution in [3.05, 3.63) is 12.2 Å². The molecule has 0 aliphatic carbocycles. The van der Waals surface area contributed by atoms with Crippen LogP contribution in [0.1, 0.15) is 19.3 Å². The molecule has 1 saturated heterocycles. The van der Waals surface area contributed by atoms with Gasteiger partial charge in [-0.1, -0.05) is 12.2 Å². The molecule has 2 aliphatic heterocycles. The normalized spacial score (nSPS) is 30.4. The van der Waals surface area contributed by atoms with Crippen LogP contribution in [0.2, 0.25) is 0 Å². The Balaban J connectivity index is 2.20. The summed E-state index contributed by atoms with van der Waals surface area (Å²) >= 11 is 0. The zero-order valence-electron chi connectivity index (χ0n) is 8.10. The molecule has 0 bridgehead atoms. The highest BCUT2D eigenvalue weighted by Crippen LogP contribution is 2.29. The first-order valence-electron chi connectivity index (χ1n) is 4.79. The topological polar surface area (TPSA) is 46.6 Å². The van der Waals surface area contributed by atoms with Crippen molar-refractivity contribution in [1.29, 1.82) is 0 Å². The van der Waals surface area contributed by atoms with E-state index in [9.17, 15) is 9.59 Å². The lowest BCUT2D eigenvalue weighted by Gasteiger charge is -2.29. The number of carbonyl (C=O) groups excluding carboxylic acids is 2. The largest absolute Gasteiger partial charge is 0.467 e. The first-order valence-corrected chi connectivity index (χ1v) is 4.79. The molecular formula is C10H13NO3. The van der Waals surface area contributed by atoms with Crippen molar-refractivity contribution in [3.8, 4) is 0 Å². The van der Waals surface area contributed by atoms with Gasteiger partial charge in [-0.3, -0.25) is 4.79 Å². The summed E-state index contributed by atoms with van der Waals surface area (Å²) in [5.41, 5.74) is 0. The van der Waals surface area contributed by atoms with E-state index >= 15 is 0 Å². The number of hydrogen-bond acceptors (Lipinski definition) is 3. The highest BCUT2D eigenvalue weighted by Gasteiger charge is 2.41. The van der Waals surface area contributed by atoms with Crippen LogP contribution in [0.4, 0.5) is 0 Å². The third kappa shape index (κ3) is 1.31. The fraction of sp³-hybridized carbons (Fsp3) is 0.600. The number of nitrogens with zero attached hydrogens (tertiary/aromatic N) is 1. The van der Waals surface area contributed by atoms with E-state index in [4.69, 9.17) is 0 Å². The van der Waals surface area contributed by atoms with Gasteiger partial charge in [0.1, 0.15) is 6.04 Å². The van der Waals surface area contributed by atoms with E-state index in [1.54, 1.807) is 4.90 Å². The fourth-order valence-electron chi connectivity index (χ4n) is 2.18. The maximum absolute atomic E-state index is 11.6. The Morgan fingerprint density at radius 1 is 1.57 bits per heavy atom. The molecule has 14 heavy (non-hydrogen) atoms. The monoisotopic (exact) mass is 195 g/mol. The molecule has 0 saturated carbocycles. The summed E-state index contributed by atoms with van der Waals surface area (Å²) in [6.07, 6.45) is 5.87. The van der Waals surface area contributed by atoms with Gasteiger partial charge in [-0.2, -0.15) is 0 Å². The minimum Gasteiger partial charge on any atom is -0.467 e. The van der Waals surface area contributed by atoms with Gasteiger partial charge in [-0.25, -0.2) is 4.79 Å². The lowest BCUT2D eigenvalue weighted by atomic mass is 10.1. The first-order chi connectivity index (χ1) is 6.74. The number of methoxy groups -OCH3 is 1. The molecule has 4 heteroatoms. The van der Waals surface area contributed by atoms with E-state index < -0.39 is 0 Å². The van der Waals surface area contributed by atoms with Gasteiger partial charge in [-0.05, 0) is 12.8 Å². The maximum Gasteiger partial charge on any atom is 0.328 e. The van der Waals surface area contributed by atoms with E-state index in [0.29, 0.717) is 12.8 Å². The molecular weight excluding hydrogens is 182 g/mol. The van der Waals surface area contributed by atoms with E-state index in [-0.39, 0.29) is 24.0 Å². The maximum atomic E-state index is 11.6. The van der Waals surface area contributed by atoms with Crippen molar-refractivity contribution >= 4 is 11.9 Å². The van der Waals surface area contributed by atoms with Crippen LogP contribution in [-0.4, -0.2) is 36.0 Å². The number of rotatable bonds is 1. The Kier molecular flexibility index (Phi) is 2.27. The molecule has 4 nitrogen and oxygen atoms in total. The summed E-state index contributed by atoms with van der Waals surface area (Å²) in [7, 11) is 1.36. The second-order valence-corrected chi connectivity index (χ2v) is 3.62. The van der Waals surface area contributed by atoms with Crippen molar-refractivity contribution in [2.75, 3.05) is 7.11 Å². The van der Waals surface area contributed by atoms with Crippen molar-refractivity contribution in [2.45, 2.75) is 31.3 Å². The van der Waals surface area contributed by atoms with Gasteiger partial charge in [0.25, 0.3) is 0 Å². The number of fused-ring (bicyclic) bond motifs is 1. The summed E-state index contributed by atoms with van der Waals surface area (Å²) < 4.78 is 4.67. The molecule has 0 radical (unpaired) electrons. The molecule has 0 aromatic heterocycles. The van der Waals surface area contributed by atoms with Crippen LogP contribution in [0.25, 0.3) is 0 Å². The average Bonchev–Trinajstić information content (AvgIpc) is 2.62. The molecule has 2 heterocycles. The highest BCUT2D eigenvalue weighted by molar-refractivity contribution is 5.87. The standard InChI is InChI=1S/C10H13NO3/c1-14-10(13)8-6-5-7-3-2-4-9(12)11(7)8/h2-3,7-8H,4-6H2,1H3. The lowest BCUT2D eigenvalue weighted by molar-refractivity contribution is -0.151. The summed E-state index contributed by atoms with van der Waals surface area (Å²) in [5, 5.41) is 0. The summed E-state index contributed by atoms with van der Waals surface area (Å²) in [5.74, 6) is -0.262. The minimum atomic E-state index is -0.359. The quantitative estimate of drug-likeness (QED) is 0.451. The van der Waals surface area contributed by atoms with Crippen molar-refractivity contribution in [3.63, 3.8) is 0 Å². The first kappa shape index (κ1) is 9.24. The van der Waals surface area contributed by atoms with Gasteiger partial charge in [-0.15, -0.1) is 0 Å². The Labute approximate surface area is 82.5 Å². The average molecular weight is 195 g/mol. The molecule has 2 rings (SSSR count). The number of hydrogen-bond donors (Lipinski definition) is 0. The number of ether oxygens (including phenoxy) is 1. The minimum absolute atomic E-state index is 0.0328. The second-order valence-electron chi connectivity index (χ2n) is 3.62. The SMILES string of the molecule is COC(=O)C1CCC2C=CCC(=O)N21. The second kappa shape index (κ2) is 3.44. The summed E-state index contributed by atoms with van der Waals surface area (Å²) in [6, 6.07) is -0.247. The van der Waals surface area contributed by atoms with Crippen LogP contribution in [0, 0.1) is 0 Å².